The molecule has 0 fully saturated rings. The summed E-state index contributed by atoms with van der Waals surface area (Å²) in [6.45, 7) is 0.992. The number of ether oxygens (including phenoxy) is 2. The fourth-order valence-corrected chi connectivity index (χ4v) is 4.95. The van der Waals surface area contributed by atoms with E-state index >= 15 is 0 Å². The van der Waals surface area contributed by atoms with Gasteiger partial charge in [0.2, 0.25) is 5.91 Å². The summed E-state index contributed by atoms with van der Waals surface area (Å²) in [6.07, 6.45) is 1.78. The second kappa shape index (κ2) is 10.2. The van der Waals surface area contributed by atoms with Gasteiger partial charge in [0.25, 0.3) is 0 Å². The number of carbonyl (C=O) groups excluding carboxylic acids is 1. The highest BCUT2D eigenvalue weighted by Crippen LogP contribution is 2.43. The third-order valence-corrected chi connectivity index (χ3v) is 6.92. The second-order valence-corrected chi connectivity index (χ2v) is 9.82. The molecule has 2 aliphatic heterocycles. The smallest absolute Gasteiger partial charge is 0.220 e. The van der Waals surface area contributed by atoms with E-state index in [4.69, 9.17) is 9.47 Å². The molecule has 160 valence electrons. The van der Waals surface area contributed by atoms with E-state index in [1.807, 2.05) is 54.6 Å². The fraction of sp³-hybridized carbons (Fsp3) is 0.208. The van der Waals surface area contributed by atoms with E-state index in [1.54, 1.807) is 0 Å². The third kappa shape index (κ3) is 5.70. The van der Waals surface area contributed by atoms with Gasteiger partial charge in [-0.1, -0.05) is 46.3 Å². The van der Waals surface area contributed by atoms with Crippen LogP contribution in [0.25, 0.3) is 0 Å². The van der Waals surface area contributed by atoms with Gasteiger partial charge in [-0.25, -0.2) is 0 Å². The van der Waals surface area contributed by atoms with Crippen molar-refractivity contribution in [3.63, 3.8) is 0 Å². The van der Waals surface area contributed by atoms with Crippen LogP contribution in [0.15, 0.2) is 68.0 Å². The molecule has 0 saturated carbocycles. The third-order valence-electron chi connectivity index (χ3n) is 4.97. The zero-order valence-electron chi connectivity index (χ0n) is 16.6. The van der Waals surface area contributed by atoms with Crippen LogP contribution in [0.3, 0.4) is 0 Å². The predicted octanol–water partition coefficient (Wildman–Crippen LogP) is 6.95. The van der Waals surface area contributed by atoms with Crippen molar-refractivity contribution in [2.75, 3.05) is 6.54 Å². The molecule has 3 aromatic rings. The van der Waals surface area contributed by atoms with Crippen molar-refractivity contribution in [3.05, 3.63) is 84.7 Å². The Labute approximate surface area is 206 Å². The quantitative estimate of drug-likeness (QED) is 0.350. The van der Waals surface area contributed by atoms with Gasteiger partial charge in [0.1, 0.15) is 12.4 Å². The molecule has 7 heteroatoms. The van der Waals surface area contributed by atoms with Crippen LogP contribution < -0.4 is 14.8 Å². The highest BCUT2D eigenvalue weighted by atomic mass is 79.9. The van der Waals surface area contributed by atoms with Crippen LogP contribution in [0.2, 0.25) is 0 Å². The molecule has 0 unspecified atom stereocenters. The first-order chi connectivity index (χ1) is 15.0. The average molecular weight is 610 g/mol. The Morgan fingerprint density at radius 1 is 0.871 bits per heavy atom. The van der Waals surface area contributed by atoms with Crippen molar-refractivity contribution in [3.8, 4) is 17.2 Å². The number of hydrogen-bond acceptors (Lipinski definition) is 3. The zero-order valence-corrected chi connectivity index (χ0v) is 21.3. The van der Waals surface area contributed by atoms with Crippen LogP contribution >= 0.6 is 47.8 Å². The number of amides is 1. The van der Waals surface area contributed by atoms with Crippen LogP contribution in [-0.4, -0.2) is 12.5 Å². The number of benzene rings is 3. The molecule has 2 aliphatic rings. The molecule has 1 N–H and O–H groups in total. The number of rotatable bonds is 3. The summed E-state index contributed by atoms with van der Waals surface area (Å²) >= 11 is 10.9. The Hall–Kier alpha value is -1.83. The van der Waals surface area contributed by atoms with Crippen molar-refractivity contribution < 1.29 is 14.3 Å². The lowest BCUT2D eigenvalue weighted by Gasteiger charge is -2.18. The van der Waals surface area contributed by atoms with Gasteiger partial charge < -0.3 is 14.8 Å². The topological polar surface area (TPSA) is 47.6 Å². The first-order valence-corrected chi connectivity index (χ1v) is 12.3. The highest BCUT2D eigenvalue weighted by molar-refractivity contribution is 9.11. The monoisotopic (exact) mass is 607 g/mol. The number of fused-ring (bicyclic) bond motifs is 7. The molecular weight excluding hydrogens is 590 g/mol. The summed E-state index contributed by atoms with van der Waals surface area (Å²) in [6, 6.07) is 17.9. The molecule has 0 spiro atoms. The first-order valence-electron chi connectivity index (χ1n) is 9.91. The Morgan fingerprint density at radius 3 is 2.48 bits per heavy atom. The summed E-state index contributed by atoms with van der Waals surface area (Å²) < 4.78 is 15.0. The fourth-order valence-electron chi connectivity index (χ4n) is 3.35. The van der Waals surface area contributed by atoms with Gasteiger partial charge in [-0.05, 0) is 85.7 Å². The minimum absolute atomic E-state index is 0.0440. The molecule has 31 heavy (non-hydrogen) atoms. The van der Waals surface area contributed by atoms with Crippen LogP contribution in [0, 0.1) is 0 Å². The molecule has 0 aliphatic carbocycles. The average Bonchev–Trinajstić information content (AvgIpc) is 2.75. The van der Waals surface area contributed by atoms with Crippen molar-refractivity contribution in [1.82, 2.24) is 5.32 Å². The zero-order chi connectivity index (χ0) is 21.8. The Kier molecular flexibility index (Phi) is 7.35. The van der Waals surface area contributed by atoms with E-state index in [0.717, 1.165) is 30.1 Å². The molecule has 3 aromatic carbocycles. The maximum Gasteiger partial charge on any atom is 0.220 e. The molecule has 0 radical (unpaired) electrons. The van der Waals surface area contributed by atoms with Gasteiger partial charge in [-0.3, -0.25) is 4.79 Å². The summed E-state index contributed by atoms with van der Waals surface area (Å²) in [5.41, 5.74) is 3.16. The summed E-state index contributed by atoms with van der Waals surface area (Å²) in [7, 11) is 0. The van der Waals surface area contributed by atoms with E-state index < -0.39 is 0 Å². The molecule has 0 saturated heterocycles. The SMILES string of the molecule is O=C1CCc2cc(Br)c(cc2Br)Oc2cc(cc(Br)c2OCc2ccccc2)CCN1. The summed E-state index contributed by atoms with van der Waals surface area (Å²) in [5, 5.41) is 3.00. The lowest BCUT2D eigenvalue weighted by molar-refractivity contribution is -0.121. The van der Waals surface area contributed by atoms with E-state index in [0.29, 0.717) is 49.7 Å². The molecule has 0 atom stereocenters. The Bertz CT molecular complexity index is 1100. The largest absolute Gasteiger partial charge is 0.484 e. The van der Waals surface area contributed by atoms with Crippen molar-refractivity contribution in [1.29, 1.82) is 0 Å². The minimum Gasteiger partial charge on any atom is -0.484 e. The van der Waals surface area contributed by atoms with E-state index in [-0.39, 0.29) is 5.91 Å². The molecule has 4 bridgehead atoms. The number of carbonyl (C=O) groups is 1. The minimum atomic E-state index is 0.0440. The molecule has 5 rings (SSSR count). The first kappa shape index (κ1) is 22.4. The van der Waals surface area contributed by atoms with Gasteiger partial charge in [-0.15, -0.1) is 0 Å². The van der Waals surface area contributed by atoms with Crippen molar-refractivity contribution >= 4 is 53.7 Å². The summed E-state index contributed by atoms with van der Waals surface area (Å²) in [4.78, 5) is 12.2. The molecule has 4 nitrogen and oxygen atoms in total. The van der Waals surface area contributed by atoms with Gasteiger partial charge in [-0.2, -0.15) is 0 Å². The number of hydrogen-bond donors (Lipinski definition) is 1. The van der Waals surface area contributed by atoms with E-state index in [1.165, 1.54) is 0 Å². The van der Waals surface area contributed by atoms with Crippen molar-refractivity contribution in [2.24, 2.45) is 0 Å². The second-order valence-electron chi connectivity index (χ2n) is 7.26. The number of nitrogens with one attached hydrogen (secondary N) is 1. The van der Waals surface area contributed by atoms with Gasteiger partial charge in [0.15, 0.2) is 11.5 Å². The molecular formula is C24H20Br3NO3. The Morgan fingerprint density at radius 2 is 1.68 bits per heavy atom. The van der Waals surface area contributed by atoms with Crippen LogP contribution in [0.4, 0.5) is 0 Å². The maximum absolute atomic E-state index is 12.2. The molecule has 0 aromatic heterocycles. The van der Waals surface area contributed by atoms with Gasteiger partial charge in [0.05, 0.1) is 8.95 Å². The van der Waals surface area contributed by atoms with E-state index in [9.17, 15) is 4.79 Å². The van der Waals surface area contributed by atoms with Gasteiger partial charge >= 0.3 is 0 Å². The van der Waals surface area contributed by atoms with Crippen LogP contribution in [-0.2, 0) is 24.2 Å². The standard InChI is InChI=1S/C24H20Br3NO3/c25-18-13-21-19(26)12-17(18)6-7-23(29)28-9-8-16-10-20(27)24(22(11-16)31-21)30-14-15-4-2-1-3-5-15/h1-5,10-13H,6-9,14H2,(H,28,29). The number of halogens is 3. The Balaban J connectivity index is 1.72. The maximum atomic E-state index is 12.2. The number of aryl methyl sites for hydroxylation is 1. The molecule has 2 heterocycles. The van der Waals surface area contributed by atoms with Gasteiger partial charge in [0, 0.05) is 17.4 Å². The van der Waals surface area contributed by atoms with E-state index in [2.05, 4.69) is 53.1 Å². The summed E-state index contributed by atoms with van der Waals surface area (Å²) in [5.74, 6) is 1.97. The van der Waals surface area contributed by atoms with Crippen molar-refractivity contribution in [2.45, 2.75) is 25.9 Å². The predicted molar refractivity (Wildman–Crippen MR) is 132 cm³/mol. The molecule has 1 amide bonds. The normalized spacial score (nSPS) is 13.8. The lowest BCUT2D eigenvalue weighted by Crippen LogP contribution is -2.26. The highest BCUT2D eigenvalue weighted by Gasteiger charge is 2.17. The lowest BCUT2D eigenvalue weighted by atomic mass is 10.1. The van der Waals surface area contributed by atoms with Crippen LogP contribution in [0.5, 0.6) is 17.2 Å². The van der Waals surface area contributed by atoms with Crippen LogP contribution in [0.1, 0.15) is 23.1 Å².